The van der Waals surface area contributed by atoms with Crippen molar-refractivity contribution in [1.82, 2.24) is 10.3 Å². The predicted molar refractivity (Wildman–Crippen MR) is 97.5 cm³/mol. The highest BCUT2D eigenvalue weighted by Gasteiger charge is 2.24. The van der Waals surface area contributed by atoms with E-state index in [1.165, 1.54) is 27.7 Å². The molecule has 2 aromatic carbocycles. The summed E-state index contributed by atoms with van der Waals surface area (Å²) in [5.74, 6) is 0.0394. The summed E-state index contributed by atoms with van der Waals surface area (Å²) in [5, 5.41) is 4.54. The van der Waals surface area contributed by atoms with Gasteiger partial charge in [0.25, 0.3) is 5.91 Å². The van der Waals surface area contributed by atoms with Gasteiger partial charge in [0, 0.05) is 28.2 Å². The molecular formula is C21H22N2O. The second-order valence-corrected chi connectivity index (χ2v) is 6.86. The predicted octanol–water partition coefficient (Wildman–Crippen LogP) is 4.07. The van der Waals surface area contributed by atoms with Crippen molar-refractivity contribution in [2.75, 3.05) is 0 Å². The Morgan fingerprint density at radius 1 is 1.17 bits per heavy atom. The van der Waals surface area contributed by atoms with Gasteiger partial charge in [-0.2, -0.15) is 0 Å². The van der Waals surface area contributed by atoms with E-state index in [-0.39, 0.29) is 11.9 Å². The molecule has 3 nitrogen and oxygen atoms in total. The molecule has 0 bridgehead atoms. The summed E-state index contributed by atoms with van der Waals surface area (Å²) in [6.07, 6.45) is 2.87. The number of H-pyrrole nitrogens is 1. The Kier molecular flexibility index (Phi) is 3.64. The molecular weight excluding hydrogens is 296 g/mol. The standard InChI is InChI=1S/C21H22N2O/c1-13-7-9-19-17(11-13)18-12-15(8-10-20(18)23-19)22-21(24)16-6-4-3-5-14(16)2/h3-7,9,11,15,23H,8,10,12H2,1-2H3,(H,22,24). The van der Waals surface area contributed by atoms with E-state index in [0.717, 1.165) is 30.4 Å². The van der Waals surface area contributed by atoms with Crippen molar-refractivity contribution in [2.45, 2.75) is 39.2 Å². The molecule has 1 unspecified atom stereocenters. The van der Waals surface area contributed by atoms with Crippen molar-refractivity contribution >= 4 is 16.8 Å². The average molecular weight is 318 g/mol. The van der Waals surface area contributed by atoms with Crippen LogP contribution < -0.4 is 5.32 Å². The highest BCUT2D eigenvalue weighted by Crippen LogP contribution is 2.30. The first-order valence-corrected chi connectivity index (χ1v) is 8.58. The largest absolute Gasteiger partial charge is 0.358 e. The molecule has 2 N–H and O–H groups in total. The first-order chi connectivity index (χ1) is 11.6. The third kappa shape index (κ3) is 2.60. The van der Waals surface area contributed by atoms with Gasteiger partial charge in [0.15, 0.2) is 0 Å². The molecule has 0 aliphatic heterocycles. The maximum Gasteiger partial charge on any atom is 0.251 e. The van der Waals surface area contributed by atoms with E-state index in [9.17, 15) is 4.79 Å². The number of carbonyl (C=O) groups is 1. The minimum absolute atomic E-state index is 0.0394. The van der Waals surface area contributed by atoms with Crippen LogP contribution in [-0.4, -0.2) is 16.9 Å². The highest BCUT2D eigenvalue weighted by atomic mass is 16.1. The van der Waals surface area contributed by atoms with Gasteiger partial charge in [-0.3, -0.25) is 4.79 Å². The molecule has 24 heavy (non-hydrogen) atoms. The van der Waals surface area contributed by atoms with E-state index in [2.05, 4.69) is 35.4 Å². The molecule has 0 fully saturated rings. The third-order valence-corrected chi connectivity index (χ3v) is 5.07. The van der Waals surface area contributed by atoms with Crippen LogP contribution in [0.1, 0.15) is 39.2 Å². The molecule has 4 rings (SSSR count). The first kappa shape index (κ1) is 15.0. The van der Waals surface area contributed by atoms with E-state index in [0.29, 0.717) is 0 Å². The van der Waals surface area contributed by atoms with Gasteiger partial charge in [-0.25, -0.2) is 0 Å². The molecule has 0 saturated heterocycles. The van der Waals surface area contributed by atoms with Crippen LogP contribution in [0.4, 0.5) is 0 Å². The van der Waals surface area contributed by atoms with Crippen molar-refractivity contribution < 1.29 is 4.79 Å². The van der Waals surface area contributed by atoms with E-state index in [1.54, 1.807) is 0 Å². The third-order valence-electron chi connectivity index (χ3n) is 5.07. The maximum atomic E-state index is 12.6. The zero-order valence-electron chi connectivity index (χ0n) is 14.1. The smallest absolute Gasteiger partial charge is 0.251 e. The van der Waals surface area contributed by atoms with Crippen LogP contribution in [-0.2, 0) is 12.8 Å². The monoisotopic (exact) mass is 318 g/mol. The summed E-state index contributed by atoms with van der Waals surface area (Å²) in [4.78, 5) is 16.1. The fourth-order valence-corrected chi connectivity index (χ4v) is 3.74. The normalized spacial score (nSPS) is 16.8. The molecule has 1 aliphatic carbocycles. The molecule has 1 heterocycles. The Morgan fingerprint density at radius 2 is 2.00 bits per heavy atom. The number of rotatable bonds is 2. The van der Waals surface area contributed by atoms with Crippen LogP contribution in [0.5, 0.6) is 0 Å². The first-order valence-electron chi connectivity index (χ1n) is 8.58. The molecule has 0 radical (unpaired) electrons. The number of benzene rings is 2. The summed E-state index contributed by atoms with van der Waals surface area (Å²) in [5.41, 5.74) is 6.98. The summed E-state index contributed by atoms with van der Waals surface area (Å²) in [7, 11) is 0. The van der Waals surface area contributed by atoms with Crippen LogP contribution in [0.3, 0.4) is 0 Å². The number of aromatic nitrogens is 1. The lowest BCUT2D eigenvalue weighted by Gasteiger charge is -2.24. The minimum Gasteiger partial charge on any atom is -0.358 e. The minimum atomic E-state index is 0.0394. The van der Waals surface area contributed by atoms with E-state index in [1.807, 2.05) is 31.2 Å². The van der Waals surface area contributed by atoms with Crippen molar-refractivity contribution in [1.29, 1.82) is 0 Å². The lowest BCUT2D eigenvalue weighted by atomic mass is 9.91. The number of nitrogens with one attached hydrogen (secondary N) is 2. The molecule has 0 spiro atoms. The van der Waals surface area contributed by atoms with E-state index in [4.69, 9.17) is 0 Å². The summed E-state index contributed by atoms with van der Waals surface area (Å²) >= 11 is 0. The molecule has 0 saturated carbocycles. The van der Waals surface area contributed by atoms with Crippen LogP contribution in [0.25, 0.3) is 10.9 Å². The number of hydrogen-bond donors (Lipinski definition) is 2. The van der Waals surface area contributed by atoms with Crippen LogP contribution in [0.15, 0.2) is 42.5 Å². The number of carbonyl (C=O) groups excluding carboxylic acids is 1. The number of aryl methyl sites for hydroxylation is 3. The fourth-order valence-electron chi connectivity index (χ4n) is 3.74. The topological polar surface area (TPSA) is 44.9 Å². The van der Waals surface area contributed by atoms with Crippen molar-refractivity contribution in [3.8, 4) is 0 Å². The summed E-state index contributed by atoms with van der Waals surface area (Å²) < 4.78 is 0. The van der Waals surface area contributed by atoms with Gasteiger partial charge in [-0.05, 0) is 62.4 Å². The van der Waals surface area contributed by atoms with Crippen LogP contribution in [0, 0.1) is 13.8 Å². The maximum absolute atomic E-state index is 12.6. The Balaban J connectivity index is 1.58. The van der Waals surface area contributed by atoms with Gasteiger partial charge in [-0.15, -0.1) is 0 Å². The SMILES string of the molecule is Cc1ccc2[nH]c3c(c2c1)CC(NC(=O)c1ccccc1C)CC3. The molecule has 1 amide bonds. The Morgan fingerprint density at radius 3 is 2.83 bits per heavy atom. The van der Waals surface area contributed by atoms with Crippen molar-refractivity contribution in [3.63, 3.8) is 0 Å². The van der Waals surface area contributed by atoms with Gasteiger partial charge < -0.3 is 10.3 Å². The zero-order valence-corrected chi connectivity index (χ0v) is 14.1. The molecule has 3 heteroatoms. The van der Waals surface area contributed by atoms with Gasteiger partial charge in [0.1, 0.15) is 0 Å². The molecule has 1 aromatic heterocycles. The molecule has 1 atom stereocenters. The Hall–Kier alpha value is -2.55. The van der Waals surface area contributed by atoms with E-state index >= 15 is 0 Å². The van der Waals surface area contributed by atoms with Crippen molar-refractivity contribution in [3.05, 3.63) is 70.4 Å². The van der Waals surface area contributed by atoms with Crippen LogP contribution >= 0.6 is 0 Å². The lowest BCUT2D eigenvalue weighted by molar-refractivity contribution is 0.0933. The number of hydrogen-bond acceptors (Lipinski definition) is 1. The Labute approximate surface area is 142 Å². The molecule has 1 aliphatic rings. The number of fused-ring (bicyclic) bond motifs is 3. The Bertz CT molecular complexity index is 923. The molecule has 122 valence electrons. The van der Waals surface area contributed by atoms with Crippen LogP contribution in [0.2, 0.25) is 0 Å². The van der Waals surface area contributed by atoms with Gasteiger partial charge >= 0.3 is 0 Å². The quantitative estimate of drug-likeness (QED) is 0.735. The summed E-state index contributed by atoms with van der Waals surface area (Å²) in [6, 6.07) is 14.5. The fraction of sp³-hybridized carbons (Fsp3) is 0.286. The highest BCUT2D eigenvalue weighted by molar-refractivity contribution is 5.96. The lowest BCUT2D eigenvalue weighted by Crippen LogP contribution is -2.39. The number of amides is 1. The average Bonchev–Trinajstić information content (AvgIpc) is 2.92. The summed E-state index contributed by atoms with van der Waals surface area (Å²) in [6.45, 7) is 4.11. The number of aromatic amines is 1. The van der Waals surface area contributed by atoms with Gasteiger partial charge in [0.05, 0.1) is 0 Å². The second-order valence-electron chi connectivity index (χ2n) is 6.86. The molecule has 3 aromatic rings. The van der Waals surface area contributed by atoms with E-state index < -0.39 is 0 Å². The second kappa shape index (κ2) is 5.82. The van der Waals surface area contributed by atoms with Gasteiger partial charge in [0.2, 0.25) is 0 Å². The van der Waals surface area contributed by atoms with Gasteiger partial charge in [-0.1, -0.05) is 29.8 Å². The van der Waals surface area contributed by atoms with Crippen molar-refractivity contribution in [2.24, 2.45) is 0 Å². The zero-order chi connectivity index (χ0) is 16.7.